The minimum Gasteiger partial charge on any atom is -0.337 e. The molecule has 0 atom stereocenters. The first-order chi connectivity index (χ1) is 15.4. The molecular weight excluding hydrogens is 446 g/mol. The van der Waals surface area contributed by atoms with Crippen LogP contribution in [0.15, 0.2) is 64.3 Å². The van der Waals surface area contributed by atoms with Gasteiger partial charge in [0.2, 0.25) is 15.9 Å². The zero-order valence-electron chi connectivity index (χ0n) is 17.8. The molecule has 32 heavy (non-hydrogen) atoms. The predicted octanol–water partition coefficient (Wildman–Crippen LogP) is 3.02. The summed E-state index contributed by atoms with van der Waals surface area (Å²) in [6, 6.07) is 14.4. The molecule has 0 spiro atoms. The Balaban J connectivity index is 1.45. The van der Waals surface area contributed by atoms with Crippen molar-refractivity contribution in [2.45, 2.75) is 24.8 Å². The van der Waals surface area contributed by atoms with Crippen LogP contribution in [0.2, 0.25) is 0 Å². The van der Waals surface area contributed by atoms with Gasteiger partial charge in [-0.15, -0.1) is 0 Å². The number of aromatic nitrogens is 1. The van der Waals surface area contributed by atoms with E-state index in [0.717, 1.165) is 28.8 Å². The lowest BCUT2D eigenvalue weighted by Gasteiger charge is -2.33. The van der Waals surface area contributed by atoms with E-state index in [1.807, 2.05) is 37.3 Å². The molecule has 1 aromatic heterocycles. The molecule has 0 aliphatic carbocycles. The van der Waals surface area contributed by atoms with Crippen molar-refractivity contribution in [3.8, 4) is 0 Å². The van der Waals surface area contributed by atoms with Crippen LogP contribution in [0.4, 0.5) is 0 Å². The summed E-state index contributed by atoms with van der Waals surface area (Å²) in [5, 5.41) is 0. The third-order valence-electron chi connectivity index (χ3n) is 5.49. The van der Waals surface area contributed by atoms with Gasteiger partial charge < -0.3 is 4.90 Å². The smallest absolute Gasteiger partial charge is 0.308 e. The molecular formula is C23H25N3O4S2. The lowest BCUT2D eigenvalue weighted by atomic mass is 10.2. The molecule has 168 valence electrons. The fourth-order valence-electron chi connectivity index (χ4n) is 3.78. The second-order valence-electron chi connectivity index (χ2n) is 7.62. The van der Waals surface area contributed by atoms with Crippen LogP contribution in [-0.2, 0) is 21.4 Å². The maximum absolute atomic E-state index is 13.2. The van der Waals surface area contributed by atoms with Gasteiger partial charge in [-0.3, -0.25) is 14.2 Å². The van der Waals surface area contributed by atoms with E-state index in [1.54, 1.807) is 33.7 Å². The van der Waals surface area contributed by atoms with E-state index in [-0.39, 0.29) is 28.8 Å². The highest BCUT2D eigenvalue weighted by Gasteiger charge is 2.30. The molecule has 1 aliphatic heterocycles. The standard InChI is InChI=1S/C23H25N3O4S2/c1-2-12-26-20-10-9-19(17-21(20)31-23(26)28)32(29,30)25-15-13-24(14-16-25)22(27)11-8-18-6-4-3-5-7-18/h3-11,17H,2,12-16H2,1H3. The Kier molecular flexibility index (Phi) is 6.59. The van der Waals surface area contributed by atoms with Crippen molar-refractivity contribution in [1.82, 2.24) is 13.8 Å². The van der Waals surface area contributed by atoms with Gasteiger partial charge in [-0.05, 0) is 36.3 Å². The number of fused-ring (bicyclic) bond motifs is 1. The van der Waals surface area contributed by atoms with Crippen molar-refractivity contribution >= 4 is 43.6 Å². The van der Waals surface area contributed by atoms with Gasteiger partial charge in [0.05, 0.1) is 15.1 Å². The maximum atomic E-state index is 13.2. The number of benzene rings is 2. The number of piperazine rings is 1. The van der Waals surface area contributed by atoms with E-state index in [4.69, 9.17) is 0 Å². The second-order valence-corrected chi connectivity index (χ2v) is 10.6. The Morgan fingerprint density at radius 3 is 2.47 bits per heavy atom. The zero-order valence-corrected chi connectivity index (χ0v) is 19.4. The molecule has 0 saturated carbocycles. The number of carbonyl (C=O) groups is 1. The summed E-state index contributed by atoms with van der Waals surface area (Å²) < 4.78 is 30.1. The lowest BCUT2D eigenvalue weighted by Crippen LogP contribution is -2.50. The third kappa shape index (κ3) is 4.55. The monoisotopic (exact) mass is 471 g/mol. The van der Waals surface area contributed by atoms with Crippen LogP contribution >= 0.6 is 11.3 Å². The second kappa shape index (κ2) is 9.40. The van der Waals surface area contributed by atoms with Crippen molar-refractivity contribution in [3.05, 3.63) is 69.8 Å². The fourth-order valence-corrected chi connectivity index (χ4v) is 6.26. The van der Waals surface area contributed by atoms with Gasteiger partial charge in [0.25, 0.3) is 0 Å². The number of aryl methyl sites for hydroxylation is 1. The zero-order chi connectivity index (χ0) is 22.7. The highest BCUT2D eigenvalue weighted by Crippen LogP contribution is 2.25. The molecule has 1 fully saturated rings. The van der Waals surface area contributed by atoms with Gasteiger partial charge in [-0.2, -0.15) is 4.31 Å². The van der Waals surface area contributed by atoms with Crippen molar-refractivity contribution in [2.75, 3.05) is 26.2 Å². The molecule has 4 rings (SSSR count). The number of hydrogen-bond acceptors (Lipinski definition) is 5. The highest BCUT2D eigenvalue weighted by atomic mass is 32.2. The largest absolute Gasteiger partial charge is 0.337 e. The molecule has 0 N–H and O–H groups in total. The van der Waals surface area contributed by atoms with Crippen LogP contribution in [0, 0.1) is 0 Å². The van der Waals surface area contributed by atoms with Gasteiger partial charge >= 0.3 is 4.87 Å². The first-order valence-corrected chi connectivity index (χ1v) is 12.8. The number of hydrogen-bond donors (Lipinski definition) is 0. The van der Waals surface area contributed by atoms with E-state index in [9.17, 15) is 18.0 Å². The molecule has 0 unspecified atom stereocenters. The summed E-state index contributed by atoms with van der Waals surface area (Å²) >= 11 is 1.07. The topological polar surface area (TPSA) is 79.7 Å². The molecule has 2 heterocycles. The molecule has 1 amide bonds. The van der Waals surface area contributed by atoms with E-state index in [2.05, 4.69) is 0 Å². The van der Waals surface area contributed by atoms with Crippen molar-refractivity contribution in [3.63, 3.8) is 0 Å². The van der Waals surface area contributed by atoms with Gasteiger partial charge in [-0.25, -0.2) is 8.42 Å². The van der Waals surface area contributed by atoms with E-state index in [0.29, 0.717) is 24.3 Å². The summed E-state index contributed by atoms with van der Waals surface area (Å²) in [6.07, 6.45) is 4.11. The fraction of sp³-hybridized carbons (Fsp3) is 0.304. The average Bonchev–Trinajstić information content (AvgIpc) is 3.13. The molecule has 0 radical (unpaired) electrons. The van der Waals surface area contributed by atoms with Crippen LogP contribution in [-0.4, -0.2) is 54.3 Å². The van der Waals surface area contributed by atoms with Crippen LogP contribution < -0.4 is 4.87 Å². The van der Waals surface area contributed by atoms with Gasteiger partial charge in [-0.1, -0.05) is 48.6 Å². The Bertz CT molecular complexity index is 1300. The molecule has 0 bridgehead atoms. The average molecular weight is 472 g/mol. The minimum atomic E-state index is -3.70. The molecule has 2 aromatic carbocycles. The van der Waals surface area contributed by atoms with Gasteiger partial charge in [0.1, 0.15) is 0 Å². The quantitative estimate of drug-likeness (QED) is 0.518. The Morgan fingerprint density at radius 1 is 1.06 bits per heavy atom. The number of thiazole rings is 1. The summed E-state index contributed by atoms with van der Waals surface area (Å²) in [6.45, 7) is 3.74. The molecule has 1 saturated heterocycles. The molecule has 9 heteroatoms. The number of rotatable bonds is 6. The Morgan fingerprint density at radius 2 is 1.78 bits per heavy atom. The lowest BCUT2D eigenvalue weighted by molar-refractivity contribution is -0.127. The molecule has 7 nitrogen and oxygen atoms in total. The Hall–Kier alpha value is -2.75. The molecule has 1 aliphatic rings. The SMILES string of the molecule is CCCn1c(=O)sc2cc(S(=O)(=O)N3CCN(C(=O)C=Cc4ccccc4)CC3)ccc21. The number of amides is 1. The third-order valence-corrected chi connectivity index (χ3v) is 8.33. The van der Waals surface area contributed by atoms with E-state index in [1.165, 1.54) is 10.4 Å². The van der Waals surface area contributed by atoms with Crippen LogP contribution in [0.5, 0.6) is 0 Å². The van der Waals surface area contributed by atoms with Crippen LogP contribution in [0.1, 0.15) is 18.9 Å². The first-order valence-electron chi connectivity index (χ1n) is 10.6. The number of nitrogens with zero attached hydrogens (tertiary/aromatic N) is 3. The van der Waals surface area contributed by atoms with Crippen molar-refractivity contribution < 1.29 is 13.2 Å². The van der Waals surface area contributed by atoms with Crippen LogP contribution in [0.25, 0.3) is 16.3 Å². The Labute approximate surface area is 191 Å². The van der Waals surface area contributed by atoms with Crippen LogP contribution in [0.3, 0.4) is 0 Å². The predicted molar refractivity (Wildman–Crippen MR) is 127 cm³/mol. The summed E-state index contributed by atoms with van der Waals surface area (Å²) in [4.78, 5) is 26.4. The number of sulfonamides is 1. The highest BCUT2D eigenvalue weighted by molar-refractivity contribution is 7.89. The van der Waals surface area contributed by atoms with E-state index >= 15 is 0 Å². The first kappa shape index (κ1) is 22.4. The van der Waals surface area contributed by atoms with E-state index < -0.39 is 10.0 Å². The van der Waals surface area contributed by atoms with Crippen molar-refractivity contribution in [1.29, 1.82) is 0 Å². The summed E-state index contributed by atoms with van der Waals surface area (Å²) in [7, 11) is -3.70. The summed E-state index contributed by atoms with van der Waals surface area (Å²) in [5.74, 6) is -0.130. The number of carbonyl (C=O) groups excluding carboxylic acids is 1. The molecule has 3 aromatic rings. The minimum absolute atomic E-state index is 0.0768. The summed E-state index contributed by atoms with van der Waals surface area (Å²) in [5.41, 5.74) is 1.70. The maximum Gasteiger partial charge on any atom is 0.308 e. The normalized spacial score (nSPS) is 15.6. The van der Waals surface area contributed by atoms with Crippen molar-refractivity contribution in [2.24, 2.45) is 0 Å². The van der Waals surface area contributed by atoms with Gasteiger partial charge in [0, 0.05) is 38.8 Å². The van der Waals surface area contributed by atoms with Gasteiger partial charge in [0.15, 0.2) is 0 Å².